The SMILES string of the molecule is Cl.Cl.Cn1c(=O)c2c(ncn2CCCN2CCCN(CCO)CC2)n(C)c1=O. The van der Waals surface area contributed by atoms with Crippen LogP contribution in [0.15, 0.2) is 15.9 Å². The number of aliphatic hydroxyl groups is 1. The highest BCUT2D eigenvalue weighted by molar-refractivity contribution is 5.85. The lowest BCUT2D eigenvalue weighted by Gasteiger charge is -2.21. The lowest BCUT2D eigenvalue weighted by atomic mass is 10.3. The minimum atomic E-state index is -0.357. The summed E-state index contributed by atoms with van der Waals surface area (Å²) < 4.78 is 4.40. The Kier molecular flexibility index (Phi) is 9.65. The van der Waals surface area contributed by atoms with Crippen LogP contribution in [0.1, 0.15) is 12.8 Å². The van der Waals surface area contributed by atoms with Crippen LogP contribution in [-0.2, 0) is 20.6 Å². The second-order valence-electron chi connectivity index (χ2n) is 6.93. The molecular weight excluding hydrogens is 407 g/mol. The van der Waals surface area contributed by atoms with Crippen molar-refractivity contribution >= 4 is 36.0 Å². The van der Waals surface area contributed by atoms with Gasteiger partial charge in [-0.1, -0.05) is 0 Å². The van der Waals surface area contributed by atoms with Gasteiger partial charge < -0.3 is 14.6 Å². The van der Waals surface area contributed by atoms with E-state index in [1.54, 1.807) is 13.4 Å². The van der Waals surface area contributed by atoms with E-state index in [9.17, 15) is 9.59 Å². The number of aryl methyl sites for hydroxylation is 2. The molecule has 0 atom stereocenters. The van der Waals surface area contributed by atoms with Gasteiger partial charge in [-0.05, 0) is 32.5 Å². The van der Waals surface area contributed by atoms with E-state index in [1.165, 1.54) is 11.6 Å². The van der Waals surface area contributed by atoms with Gasteiger partial charge in [0.1, 0.15) is 0 Å². The summed E-state index contributed by atoms with van der Waals surface area (Å²) in [6.07, 6.45) is 3.67. The Hall–Kier alpha value is -1.39. The van der Waals surface area contributed by atoms with Crippen molar-refractivity contribution < 1.29 is 5.11 Å². The van der Waals surface area contributed by atoms with Crippen LogP contribution in [0.3, 0.4) is 0 Å². The van der Waals surface area contributed by atoms with Crippen molar-refractivity contribution in [3.05, 3.63) is 27.2 Å². The standard InChI is InChI=1S/C17H28N6O3.2ClH/c1-19-15-14(16(25)20(2)17(19)26)23(13-18-15)8-4-7-21-5-3-6-22(10-9-21)11-12-24;;/h13,24H,3-12H2,1-2H3;2*1H. The second-order valence-corrected chi connectivity index (χ2v) is 6.93. The van der Waals surface area contributed by atoms with E-state index in [2.05, 4.69) is 14.8 Å². The number of aliphatic hydroxyl groups excluding tert-OH is 1. The maximum atomic E-state index is 12.4. The van der Waals surface area contributed by atoms with Crippen molar-refractivity contribution in [3.63, 3.8) is 0 Å². The normalized spacial score (nSPS) is 15.8. The van der Waals surface area contributed by atoms with Crippen LogP contribution in [0.4, 0.5) is 0 Å². The fourth-order valence-corrected chi connectivity index (χ4v) is 3.64. The van der Waals surface area contributed by atoms with Gasteiger partial charge in [-0.2, -0.15) is 0 Å². The van der Waals surface area contributed by atoms with Gasteiger partial charge in [0.25, 0.3) is 5.56 Å². The molecule has 0 aromatic carbocycles. The summed E-state index contributed by atoms with van der Waals surface area (Å²) in [5, 5.41) is 9.08. The maximum absolute atomic E-state index is 12.4. The number of halogens is 2. The summed E-state index contributed by atoms with van der Waals surface area (Å²) in [5.41, 5.74) is 0.270. The van der Waals surface area contributed by atoms with E-state index < -0.39 is 0 Å². The van der Waals surface area contributed by atoms with Gasteiger partial charge in [0.15, 0.2) is 11.2 Å². The molecule has 2 aromatic rings. The highest BCUT2D eigenvalue weighted by Gasteiger charge is 2.16. The number of imidazole rings is 1. The van der Waals surface area contributed by atoms with Crippen LogP contribution >= 0.6 is 24.8 Å². The molecule has 28 heavy (non-hydrogen) atoms. The molecule has 11 heteroatoms. The highest BCUT2D eigenvalue weighted by Crippen LogP contribution is 2.08. The van der Waals surface area contributed by atoms with E-state index in [0.29, 0.717) is 17.7 Å². The molecule has 0 bridgehead atoms. The van der Waals surface area contributed by atoms with Crippen LogP contribution < -0.4 is 11.2 Å². The topological polar surface area (TPSA) is 88.5 Å². The van der Waals surface area contributed by atoms with Crippen molar-refractivity contribution in [1.29, 1.82) is 0 Å². The zero-order valence-corrected chi connectivity index (χ0v) is 18.0. The predicted octanol–water partition coefficient (Wildman–Crippen LogP) is -0.333. The summed E-state index contributed by atoms with van der Waals surface area (Å²) >= 11 is 0. The molecule has 0 unspecified atom stereocenters. The van der Waals surface area contributed by atoms with E-state index in [-0.39, 0.29) is 42.7 Å². The molecule has 1 aliphatic heterocycles. The Bertz CT molecular complexity index is 878. The first-order valence-corrected chi connectivity index (χ1v) is 9.19. The van der Waals surface area contributed by atoms with Crippen molar-refractivity contribution in [2.24, 2.45) is 14.1 Å². The minimum absolute atomic E-state index is 0. The summed E-state index contributed by atoms with van der Waals surface area (Å²) in [7, 11) is 3.13. The first kappa shape index (κ1) is 24.6. The predicted molar refractivity (Wildman–Crippen MR) is 114 cm³/mol. The Balaban J connectivity index is 0.00000196. The lowest BCUT2D eigenvalue weighted by molar-refractivity contribution is 0.196. The molecule has 0 spiro atoms. The first-order valence-electron chi connectivity index (χ1n) is 9.19. The van der Waals surface area contributed by atoms with Crippen molar-refractivity contribution in [2.45, 2.75) is 19.4 Å². The Labute approximate surface area is 176 Å². The zero-order valence-electron chi connectivity index (χ0n) is 16.4. The molecule has 0 amide bonds. The number of nitrogens with zero attached hydrogens (tertiary/aromatic N) is 6. The number of aromatic nitrogens is 4. The van der Waals surface area contributed by atoms with Gasteiger partial charge in [0, 0.05) is 40.3 Å². The van der Waals surface area contributed by atoms with Gasteiger partial charge >= 0.3 is 5.69 Å². The summed E-state index contributed by atoms with van der Waals surface area (Å²) in [6.45, 7) is 6.69. The molecule has 1 saturated heterocycles. The molecule has 3 heterocycles. The summed E-state index contributed by atoms with van der Waals surface area (Å²) in [6, 6.07) is 0. The quantitative estimate of drug-likeness (QED) is 0.666. The molecule has 0 aliphatic carbocycles. The van der Waals surface area contributed by atoms with Gasteiger partial charge in [0.05, 0.1) is 12.9 Å². The van der Waals surface area contributed by atoms with E-state index in [4.69, 9.17) is 5.11 Å². The minimum Gasteiger partial charge on any atom is -0.395 e. The van der Waals surface area contributed by atoms with Crippen LogP contribution in [0.5, 0.6) is 0 Å². The van der Waals surface area contributed by atoms with Gasteiger partial charge in [-0.15, -0.1) is 24.8 Å². The molecule has 0 saturated carbocycles. The molecular formula is C17H30Cl2N6O3. The maximum Gasteiger partial charge on any atom is 0.332 e. The molecule has 9 nitrogen and oxygen atoms in total. The van der Waals surface area contributed by atoms with Crippen molar-refractivity contribution in [3.8, 4) is 0 Å². The number of fused-ring (bicyclic) bond motifs is 1. The number of rotatable bonds is 6. The summed E-state index contributed by atoms with van der Waals surface area (Å²) in [5.74, 6) is 0. The Morgan fingerprint density at radius 3 is 2.25 bits per heavy atom. The molecule has 2 aromatic heterocycles. The Morgan fingerprint density at radius 2 is 1.61 bits per heavy atom. The van der Waals surface area contributed by atoms with Crippen molar-refractivity contribution in [2.75, 3.05) is 45.9 Å². The van der Waals surface area contributed by atoms with Crippen LogP contribution in [-0.4, -0.2) is 79.5 Å². The molecule has 1 N–H and O–H groups in total. The van der Waals surface area contributed by atoms with E-state index in [0.717, 1.165) is 56.7 Å². The second kappa shape index (κ2) is 11.0. The van der Waals surface area contributed by atoms with Crippen LogP contribution in [0, 0.1) is 0 Å². The average Bonchev–Trinajstić information content (AvgIpc) is 2.93. The van der Waals surface area contributed by atoms with E-state index in [1.807, 2.05) is 4.57 Å². The number of β-amino-alcohol motifs (C(OH)–C–C–N with tert-alkyl or cyclic N) is 1. The van der Waals surface area contributed by atoms with Gasteiger partial charge in [-0.25, -0.2) is 9.78 Å². The van der Waals surface area contributed by atoms with Crippen molar-refractivity contribution in [1.82, 2.24) is 28.5 Å². The van der Waals surface area contributed by atoms with Crippen LogP contribution in [0.2, 0.25) is 0 Å². The third kappa shape index (κ3) is 5.15. The molecule has 3 rings (SSSR count). The third-order valence-corrected chi connectivity index (χ3v) is 5.19. The monoisotopic (exact) mass is 436 g/mol. The van der Waals surface area contributed by atoms with Gasteiger partial charge in [-0.3, -0.25) is 18.8 Å². The fraction of sp³-hybridized carbons (Fsp3) is 0.706. The Morgan fingerprint density at radius 1 is 0.964 bits per heavy atom. The molecule has 1 fully saturated rings. The van der Waals surface area contributed by atoms with Crippen LogP contribution in [0.25, 0.3) is 11.2 Å². The average molecular weight is 437 g/mol. The molecule has 160 valence electrons. The fourth-order valence-electron chi connectivity index (χ4n) is 3.64. The largest absolute Gasteiger partial charge is 0.395 e. The number of hydrogen-bond acceptors (Lipinski definition) is 6. The summed E-state index contributed by atoms with van der Waals surface area (Å²) in [4.78, 5) is 33.4. The zero-order chi connectivity index (χ0) is 18.7. The lowest BCUT2D eigenvalue weighted by Crippen LogP contribution is -2.37. The third-order valence-electron chi connectivity index (χ3n) is 5.19. The van der Waals surface area contributed by atoms with E-state index >= 15 is 0 Å². The van der Waals surface area contributed by atoms with Gasteiger partial charge in [0.2, 0.25) is 0 Å². The highest BCUT2D eigenvalue weighted by atomic mass is 35.5. The molecule has 0 radical (unpaired) electrons. The number of hydrogen-bond donors (Lipinski definition) is 1. The first-order chi connectivity index (χ1) is 12.5. The molecule has 1 aliphatic rings. The smallest absolute Gasteiger partial charge is 0.332 e.